The van der Waals surface area contributed by atoms with Gasteiger partial charge in [0, 0.05) is 17.2 Å². The molecule has 17 heavy (non-hydrogen) atoms. The molecule has 0 amide bonds. The van der Waals surface area contributed by atoms with Crippen molar-refractivity contribution in [2.75, 3.05) is 18.1 Å². The molecule has 0 radical (unpaired) electrons. The lowest BCUT2D eigenvalue weighted by atomic mass is 10.1. The van der Waals surface area contributed by atoms with Gasteiger partial charge in [0.15, 0.2) is 9.84 Å². The first-order chi connectivity index (χ1) is 8.02. The molecule has 0 saturated carbocycles. The molecule has 1 aliphatic heterocycles. The molecule has 1 fully saturated rings. The van der Waals surface area contributed by atoms with Gasteiger partial charge in [0.2, 0.25) is 0 Å². The molecule has 0 aliphatic carbocycles. The van der Waals surface area contributed by atoms with Crippen LogP contribution in [0.5, 0.6) is 0 Å². The average molecular weight is 275 g/mol. The number of hydrogen-bond acceptors (Lipinski definition) is 5. The summed E-state index contributed by atoms with van der Waals surface area (Å²) in [5, 5.41) is 11.9. The van der Waals surface area contributed by atoms with Crippen LogP contribution in [-0.2, 0) is 9.84 Å². The second kappa shape index (κ2) is 5.04. The number of rotatable bonds is 3. The van der Waals surface area contributed by atoms with Crippen molar-refractivity contribution in [2.45, 2.75) is 31.6 Å². The third-order valence-corrected chi connectivity index (χ3v) is 5.98. The highest BCUT2D eigenvalue weighted by molar-refractivity contribution is 7.91. The number of hydrogen-bond donors (Lipinski definition) is 1. The molecule has 0 spiro atoms. The van der Waals surface area contributed by atoms with Crippen molar-refractivity contribution >= 4 is 21.2 Å². The van der Waals surface area contributed by atoms with E-state index in [1.807, 2.05) is 12.3 Å². The molecule has 4 nitrogen and oxygen atoms in total. The van der Waals surface area contributed by atoms with Crippen LogP contribution in [0.2, 0.25) is 0 Å². The Bertz CT molecular complexity index is 481. The maximum atomic E-state index is 11.6. The van der Waals surface area contributed by atoms with E-state index in [0.29, 0.717) is 5.75 Å². The largest absolute Gasteiger partial charge is 0.396 e. The number of aliphatic hydroxyl groups is 1. The highest BCUT2D eigenvalue weighted by Crippen LogP contribution is 2.31. The van der Waals surface area contributed by atoms with Crippen LogP contribution in [0.4, 0.5) is 0 Å². The molecule has 96 valence electrons. The summed E-state index contributed by atoms with van der Waals surface area (Å²) in [6, 6.07) is 0. The summed E-state index contributed by atoms with van der Waals surface area (Å²) in [5.74, 6) is 0.626. The summed E-state index contributed by atoms with van der Waals surface area (Å²) in [5.41, 5.74) is 0.871. The minimum absolute atomic E-state index is 0.0280. The molecule has 0 aromatic carbocycles. The minimum Gasteiger partial charge on any atom is -0.396 e. The highest BCUT2D eigenvalue weighted by Gasteiger charge is 2.28. The van der Waals surface area contributed by atoms with Crippen LogP contribution in [0, 0.1) is 0 Å². The van der Waals surface area contributed by atoms with E-state index in [2.05, 4.69) is 4.98 Å². The molecule has 1 aromatic rings. The predicted molar refractivity (Wildman–Crippen MR) is 68.2 cm³/mol. The Balaban J connectivity index is 2.15. The van der Waals surface area contributed by atoms with Crippen molar-refractivity contribution in [2.24, 2.45) is 0 Å². The van der Waals surface area contributed by atoms with Crippen LogP contribution in [0.15, 0.2) is 5.38 Å². The van der Waals surface area contributed by atoms with Gasteiger partial charge in [-0.3, -0.25) is 0 Å². The number of sulfone groups is 1. The normalized spacial score (nSPS) is 25.6. The first-order valence-electron chi connectivity index (χ1n) is 5.78. The zero-order chi connectivity index (χ0) is 12.5. The molecular formula is C11H17NO3S2. The fourth-order valence-corrected chi connectivity index (χ4v) is 4.92. The Kier molecular flexibility index (Phi) is 3.85. The Morgan fingerprint density at radius 1 is 1.65 bits per heavy atom. The Labute approximate surface area is 106 Å². The molecule has 1 aliphatic rings. The van der Waals surface area contributed by atoms with Crippen LogP contribution >= 0.6 is 11.3 Å². The highest BCUT2D eigenvalue weighted by atomic mass is 32.2. The molecule has 6 heteroatoms. The standard InChI is InChI=1S/C11H17NO3S2/c1-8(5-13)10-6-16-11(12-10)9-3-2-4-17(14,15)7-9/h6,8-9,13H,2-5,7H2,1H3. The van der Waals surface area contributed by atoms with Crippen LogP contribution in [-0.4, -0.2) is 36.6 Å². The molecular weight excluding hydrogens is 258 g/mol. The van der Waals surface area contributed by atoms with Crippen molar-refractivity contribution in [3.8, 4) is 0 Å². The molecule has 0 bridgehead atoms. The van der Waals surface area contributed by atoms with E-state index in [1.54, 1.807) is 0 Å². The SMILES string of the molecule is CC(CO)c1csc(C2CCCS(=O)(=O)C2)n1. The predicted octanol–water partition coefficient (Wildman–Crippen LogP) is 1.53. The number of thiazole rings is 1. The number of aromatic nitrogens is 1. The third kappa shape index (κ3) is 3.05. The van der Waals surface area contributed by atoms with Crippen molar-refractivity contribution in [1.29, 1.82) is 0 Å². The summed E-state index contributed by atoms with van der Waals surface area (Å²) >= 11 is 1.51. The average Bonchev–Trinajstić information content (AvgIpc) is 2.76. The Morgan fingerprint density at radius 3 is 3.06 bits per heavy atom. The fourth-order valence-electron chi connectivity index (χ4n) is 2.03. The number of nitrogens with zero attached hydrogens (tertiary/aromatic N) is 1. The van der Waals surface area contributed by atoms with Crippen molar-refractivity contribution < 1.29 is 13.5 Å². The smallest absolute Gasteiger partial charge is 0.151 e. The van der Waals surface area contributed by atoms with Gasteiger partial charge in [0.1, 0.15) is 0 Å². The summed E-state index contributed by atoms with van der Waals surface area (Å²) < 4.78 is 23.1. The summed E-state index contributed by atoms with van der Waals surface area (Å²) in [4.78, 5) is 4.46. The zero-order valence-corrected chi connectivity index (χ0v) is 11.4. The quantitative estimate of drug-likeness (QED) is 0.908. The fraction of sp³-hybridized carbons (Fsp3) is 0.727. The summed E-state index contributed by atoms with van der Waals surface area (Å²) in [6.45, 7) is 1.99. The van der Waals surface area contributed by atoms with E-state index in [1.165, 1.54) is 11.3 Å². The molecule has 2 rings (SSSR count). The van der Waals surface area contributed by atoms with Crippen LogP contribution in [0.1, 0.15) is 42.3 Å². The van der Waals surface area contributed by atoms with Crippen LogP contribution in [0.3, 0.4) is 0 Å². The number of aliphatic hydroxyl groups excluding tert-OH is 1. The van der Waals surface area contributed by atoms with Gasteiger partial charge in [-0.15, -0.1) is 11.3 Å². The van der Waals surface area contributed by atoms with Gasteiger partial charge in [-0.1, -0.05) is 6.92 Å². The van der Waals surface area contributed by atoms with Gasteiger partial charge in [0.05, 0.1) is 28.8 Å². The summed E-state index contributed by atoms with van der Waals surface area (Å²) in [6.07, 6.45) is 1.64. The summed E-state index contributed by atoms with van der Waals surface area (Å²) in [7, 11) is -2.88. The van der Waals surface area contributed by atoms with Crippen molar-refractivity contribution in [3.05, 3.63) is 16.1 Å². The lowest BCUT2D eigenvalue weighted by Crippen LogP contribution is -2.23. The maximum Gasteiger partial charge on any atom is 0.151 e. The molecule has 1 saturated heterocycles. The Hall–Kier alpha value is -0.460. The molecule has 2 unspecified atom stereocenters. The van der Waals surface area contributed by atoms with E-state index < -0.39 is 9.84 Å². The van der Waals surface area contributed by atoms with E-state index in [-0.39, 0.29) is 24.2 Å². The first-order valence-corrected chi connectivity index (χ1v) is 8.48. The lowest BCUT2D eigenvalue weighted by Gasteiger charge is -2.19. The van der Waals surface area contributed by atoms with Crippen LogP contribution < -0.4 is 0 Å². The first kappa shape index (κ1) is 13.0. The van der Waals surface area contributed by atoms with E-state index in [9.17, 15) is 8.42 Å². The second-order valence-electron chi connectivity index (χ2n) is 4.65. The Morgan fingerprint density at radius 2 is 2.41 bits per heavy atom. The monoisotopic (exact) mass is 275 g/mol. The third-order valence-electron chi connectivity index (χ3n) is 3.13. The van der Waals surface area contributed by atoms with Gasteiger partial charge in [0.25, 0.3) is 0 Å². The molecule has 2 heterocycles. The van der Waals surface area contributed by atoms with Crippen molar-refractivity contribution in [1.82, 2.24) is 4.98 Å². The molecule has 2 atom stereocenters. The zero-order valence-electron chi connectivity index (χ0n) is 9.80. The van der Waals surface area contributed by atoms with Gasteiger partial charge in [-0.2, -0.15) is 0 Å². The van der Waals surface area contributed by atoms with Gasteiger partial charge < -0.3 is 5.11 Å². The van der Waals surface area contributed by atoms with E-state index in [4.69, 9.17) is 5.11 Å². The van der Waals surface area contributed by atoms with E-state index >= 15 is 0 Å². The van der Waals surface area contributed by atoms with Gasteiger partial charge in [-0.05, 0) is 12.8 Å². The van der Waals surface area contributed by atoms with Gasteiger partial charge >= 0.3 is 0 Å². The maximum absolute atomic E-state index is 11.6. The molecule has 1 N–H and O–H groups in total. The minimum atomic E-state index is -2.88. The second-order valence-corrected chi connectivity index (χ2v) is 7.77. The van der Waals surface area contributed by atoms with Crippen LogP contribution in [0.25, 0.3) is 0 Å². The van der Waals surface area contributed by atoms with E-state index in [0.717, 1.165) is 23.5 Å². The topological polar surface area (TPSA) is 67.3 Å². The lowest BCUT2D eigenvalue weighted by molar-refractivity contribution is 0.271. The molecule has 1 aromatic heterocycles. The van der Waals surface area contributed by atoms with Gasteiger partial charge in [-0.25, -0.2) is 13.4 Å². The van der Waals surface area contributed by atoms with Crippen molar-refractivity contribution in [3.63, 3.8) is 0 Å².